The second-order valence-corrected chi connectivity index (χ2v) is 10.2. The Labute approximate surface area is 217 Å². The summed E-state index contributed by atoms with van der Waals surface area (Å²) in [7, 11) is 6.48. The molecule has 3 aliphatic carbocycles. The zero-order valence-corrected chi connectivity index (χ0v) is 21.3. The number of nitrogens with zero attached hydrogens (tertiary/aromatic N) is 2. The van der Waals surface area contributed by atoms with E-state index in [0.717, 1.165) is 0 Å². The van der Waals surface area contributed by atoms with E-state index in [-0.39, 0.29) is 29.7 Å². The van der Waals surface area contributed by atoms with Crippen LogP contribution in [0.15, 0.2) is 28.7 Å². The molecule has 0 radical (unpaired) electrons. The number of ketones is 2. The van der Waals surface area contributed by atoms with Crippen LogP contribution in [0.3, 0.4) is 0 Å². The third kappa shape index (κ3) is 3.65. The summed E-state index contributed by atoms with van der Waals surface area (Å²) >= 11 is 0. The number of nitrogens with two attached hydrogens (primary N) is 1. The molecule has 0 fully saturated rings. The van der Waals surface area contributed by atoms with Gasteiger partial charge in [-0.3, -0.25) is 24.1 Å². The maximum absolute atomic E-state index is 13.8. The quantitative estimate of drug-likeness (QED) is 0.183. The number of carbonyl (C=O) groups is 4. The monoisotopic (exact) mass is 530 g/mol. The lowest BCUT2D eigenvalue weighted by molar-refractivity contribution is -0.148. The van der Waals surface area contributed by atoms with Crippen molar-refractivity contribution in [3.05, 3.63) is 39.9 Å². The molecule has 0 aliphatic heterocycles. The smallest absolute Gasteiger partial charge is 0.255 e. The Morgan fingerprint density at radius 1 is 1.16 bits per heavy atom. The molecule has 4 rings (SSSR count). The van der Waals surface area contributed by atoms with Crippen LogP contribution in [-0.2, 0) is 20.8 Å². The van der Waals surface area contributed by atoms with Crippen molar-refractivity contribution >= 4 is 34.8 Å². The molecule has 13 heteroatoms. The number of anilines is 2. The normalized spacial score (nSPS) is 26.7. The van der Waals surface area contributed by atoms with Gasteiger partial charge in [-0.15, -0.1) is 0 Å². The lowest BCUT2D eigenvalue weighted by atomic mass is 9.58. The largest absolute Gasteiger partial charge is 0.510 e. The van der Waals surface area contributed by atoms with Crippen molar-refractivity contribution in [1.29, 1.82) is 0 Å². The minimum atomic E-state index is -2.74. The SMILES string of the molecule is CN(C)c1cc(NC(=O)CO)c(O)c2c1CC1CC3[C@H](N(C)C)C(O)=C(C(N)=O)C(=O)C3(O)C(O)=C1C2=O. The molecule has 204 valence electrons. The summed E-state index contributed by atoms with van der Waals surface area (Å²) in [5.74, 6) is -8.43. The van der Waals surface area contributed by atoms with Gasteiger partial charge < -0.3 is 41.5 Å². The van der Waals surface area contributed by atoms with Crippen molar-refractivity contribution in [2.75, 3.05) is 45.0 Å². The Hall–Kier alpha value is -3.94. The molecular weight excluding hydrogens is 500 g/mol. The van der Waals surface area contributed by atoms with Crippen LogP contribution in [0.2, 0.25) is 0 Å². The van der Waals surface area contributed by atoms with E-state index in [1.54, 1.807) is 33.1 Å². The Balaban J connectivity index is 1.97. The van der Waals surface area contributed by atoms with Gasteiger partial charge in [0.2, 0.25) is 11.7 Å². The van der Waals surface area contributed by atoms with Gasteiger partial charge in [-0.1, -0.05) is 0 Å². The topological polar surface area (TPSA) is 214 Å². The molecule has 0 saturated heterocycles. The number of benzene rings is 1. The van der Waals surface area contributed by atoms with Crippen molar-refractivity contribution in [3.8, 4) is 5.75 Å². The maximum atomic E-state index is 13.8. The number of aliphatic hydroxyl groups excluding tert-OH is 3. The Bertz CT molecular complexity index is 1350. The first-order chi connectivity index (χ1) is 17.7. The van der Waals surface area contributed by atoms with Gasteiger partial charge in [0.1, 0.15) is 23.7 Å². The Morgan fingerprint density at radius 3 is 2.32 bits per heavy atom. The minimum absolute atomic E-state index is 0.0393. The summed E-state index contributed by atoms with van der Waals surface area (Å²) in [5, 5.41) is 56.2. The number of allylic oxidation sites excluding steroid dienone is 1. The first kappa shape index (κ1) is 27.1. The van der Waals surface area contributed by atoms with Crippen LogP contribution in [0.25, 0.3) is 0 Å². The fourth-order valence-corrected chi connectivity index (χ4v) is 5.98. The number of likely N-dealkylation sites (N-methyl/N-ethyl adjacent to an activating group) is 1. The van der Waals surface area contributed by atoms with Crippen molar-refractivity contribution in [2.45, 2.75) is 24.5 Å². The summed E-state index contributed by atoms with van der Waals surface area (Å²) in [6, 6.07) is 0.363. The number of hydrogen-bond acceptors (Lipinski definition) is 11. The van der Waals surface area contributed by atoms with Gasteiger partial charge in [0, 0.05) is 31.3 Å². The van der Waals surface area contributed by atoms with Gasteiger partial charge in [-0.05, 0) is 44.5 Å². The number of carbonyl (C=O) groups excluding carboxylic acids is 4. The average molecular weight is 531 g/mol. The van der Waals surface area contributed by atoms with Crippen LogP contribution in [0.5, 0.6) is 5.75 Å². The molecule has 3 aliphatic rings. The van der Waals surface area contributed by atoms with Crippen molar-refractivity contribution in [2.24, 2.45) is 17.6 Å². The second kappa shape index (κ2) is 9.11. The number of hydrogen-bond donors (Lipinski definition) is 7. The van der Waals surface area contributed by atoms with E-state index in [1.165, 1.54) is 11.0 Å². The van der Waals surface area contributed by atoms with E-state index in [4.69, 9.17) is 10.8 Å². The van der Waals surface area contributed by atoms with Crippen LogP contribution in [-0.4, -0.2) is 100 Å². The Morgan fingerprint density at radius 2 is 1.79 bits per heavy atom. The number of Topliss-reactive ketones (excluding diaryl/α,β-unsaturated/α-hetero) is 2. The standard InChI is InChI=1S/C25H30N4O9/c1-28(2)13-7-12(27-14(31)8-30)19(32)16-10(13)5-9-6-11-18(29(3)4)21(34)17(24(26)37)23(36)25(11,38)22(35)15(9)20(16)33/h7,9,11,18,30,32,34-35,38H,5-6,8H2,1-4H3,(H2,26,37)(H,27,31)/t9?,11?,18-,25?/m0/s1. The van der Waals surface area contributed by atoms with Crippen LogP contribution in [0, 0.1) is 11.8 Å². The lowest BCUT2D eigenvalue weighted by Gasteiger charge is -2.50. The lowest BCUT2D eigenvalue weighted by Crippen LogP contribution is -2.63. The molecule has 0 bridgehead atoms. The van der Waals surface area contributed by atoms with Crippen LogP contribution >= 0.6 is 0 Å². The first-order valence-corrected chi connectivity index (χ1v) is 11.8. The number of phenols is 1. The van der Waals surface area contributed by atoms with Crippen LogP contribution in [0.1, 0.15) is 22.3 Å². The van der Waals surface area contributed by atoms with Crippen molar-refractivity contribution in [3.63, 3.8) is 0 Å². The fraction of sp³-hybridized carbons (Fsp3) is 0.440. The molecule has 1 aromatic carbocycles. The number of primary amides is 1. The van der Waals surface area contributed by atoms with E-state index in [1.807, 2.05) is 0 Å². The zero-order valence-electron chi connectivity index (χ0n) is 21.3. The van der Waals surface area contributed by atoms with E-state index in [2.05, 4.69) is 5.32 Å². The molecule has 0 aromatic heterocycles. The van der Waals surface area contributed by atoms with Crippen LogP contribution < -0.4 is 16.0 Å². The highest BCUT2D eigenvalue weighted by Gasteiger charge is 2.63. The summed E-state index contributed by atoms with van der Waals surface area (Å²) in [6.07, 6.45) is 0.0617. The van der Waals surface area contributed by atoms with Gasteiger partial charge in [0.15, 0.2) is 17.1 Å². The molecular formula is C25H30N4O9. The van der Waals surface area contributed by atoms with E-state index < -0.39 is 76.3 Å². The molecule has 38 heavy (non-hydrogen) atoms. The third-order valence-electron chi connectivity index (χ3n) is 7.60. The van der Waals surface area contributed by atoms with E-state index in [9.17, 15) is 39.6 Å². The summed E-state index contributed by atoms with van der Waals surface area (Å²) in [6.45, 7) is -0.873. The molecule has 13 nitrogen and oxygen atoms in total. The average Bonchev–Trinajstić information content (AvgIpc) is 2.82. The highest BCUT2D eigenvalue weighted by atomic mass is 16.3. The molecule has 1 aromatic rings. The highest BCUT2D eigenvalue weighted by Crippen LogP contribution is 2.53. The highest BCUT2D eigenvalue weighted by molar-refractivity contribution is 6.25. The van der Waals surface area contributed by atoms with E-state index >= 15 is 0 Å². The fourth-order valence-electron chi connectivity index (χ4n) is 5.98. The third-order valence-corrected chi connectivity index (χ3v) is 7.60. The number of amides is 2. The molecule has 0 spiro atoms. The number of aromatic hydroxyl groups is 1. The number of aliphatic hydroxyl groups is 4. The first-order valence-electron chi connectivity index (χ1n) is 11.8. The predicted octanol–water partition coefficient (Wildman–Crippen LogP) is -0.883. The molecule has 0 heterocycles. The zero-order chi connectivity index (χ0) is 28.4. The van der Waals surface area contributed by atoms with Crippen molar-refractivity contribution in [1.82, 2.24) is 4.90 Å². The predicted molar refractivity (Wildman–Crippen MR) is 134 cm³/mol. The molecule has 3 unspecified atom stereocenters. The van der Waals surface area contributed by atoms with E-state index in [0.29, 0.717) is 11.3 Å². The molecule has 2 amide bonds. The number of rotatable bonds is 5. The minimum Gasteiger partial charge on any atom is -0.510 e. The number of phenolic OH excluding ortho intramolecular Hbond substituents is 1. The maximum Gasteiger partial charge on any atom is 0.255 e. The second-order valence-electron chi connectivity index (χ2n) is 10.2. The number of fused-ring (bicyclic) bond motifs is 3. The van der Waals surface area contributed by atoms with Gasteiger partial charge >= 0.3 is 0 Å². The molecule has 0 saturated carbocycles. The van der Waals surface area contributed by atoms with Gasteiger partial charge in [-0.2, -0.15) is 0 Å². The van der Waals surface area contributed by atoms with Gasteiger partial charge in [-0.25, -0.2) is 0 Å². The summed E-state index contributed by atoms with van der Waals surface area (Å²) in [4.78, 5) is 54.2. The van der Waals surface area contributed by atoms with Gasteiger partial charge in [0.25, 0.3) is 5.91 Å². The van der Waals surface area contributed by atoms with Crippen LogP contribution in [0.4, 0.5) is 11.4 Å². The molecule has 8 N–H and O–H groups in total. The Kier molecular flexibility index (Phi) is 6.50. The summed E-state index contributed by atoms with van der Waals surface area (Å²) < 4.78 is 0. The van der Waals surface area contributed by atoms with Crippen molar-refractivity contribution < 1.29 is 44.7 Å². The summed E-state index contributed by atoms with van der Waals surface area (Å²) in [5.41, 5.74) is 1.88. The van der Waals surface area contributed by atoms with Gasteiger partial charge in [0.05, 0.1) is 17.3 Å². The molecule has 4 atom stereocenters. The number of nitrogens with one attached hydrogen (secondary N) is 1.